The largest absolute Gasteiger partial charge is 0.511 e. The van der Waals surface area contributed by atoms with Crippen LogP contribution in [0.4, 0.5) is 0 Å². The lowest BCUT2D eigenvalue weighted by atomic mass is 10.1. The summed E-state index contributed by atoms with van der Waals surface area (Å²) < 4.78 is 5.33. The Bertz CT molecular complexity index is 816. The van der Waals surface area contributed by atoms with Crippen molar-refractivity contribution in [2.45, 2.75) is 32.4 Å². The zero-order valence-electron chi connectivity index (χ0n) is 19.0. The third-order valence-electron chi connectivity index (χ3n) is 5.15. The first-order chi connectivity index (χ1) is 15.5. The minimum absolute atomic E-state index is 0.229. The number of nitrogens with zero attached hydrogens (tertiary/aromatic N) is 1. The first-order valence-corrected chi connectivity index (χ1v) is 11.1. The van der Waals surface area contributed by atoms with Crippen LogP contribution in [0.1, 0.15) is 36.2 Å². The molecule has 2 rings (SSSR count). The van der Waals surface area contributed by atoms with Crippen LogP contribution in [0.15, 0.2) is 48.3 Å². The summed E-state index contributed by atoms with van der Waals surface area (Å²) in [6, 6.07) is 6.64. The monoisotopic (exact) mass is 441 g/mol. The van der Waals surface area contributed by atoms with E-state index in [1.807, 2.05) is 0 Å². The van der Waals surface area contributed by atoms with Crippen LogP contribution < -0.4 is 10.6 Å². The van der Waals surface area contributed by atoms with Crippen molar-refractivity contribution in [1.82, 2.24) is 15.5 Å². The molecule has 1 fully saturated rings. The van der Waals surface area contributed by atoms with Crippen molar-refractivity contribution in [1.29, 1.82) is 0 Å². The van der Waals surface area contributed by atoms with E-state index in [0.717, 1.165) is 51.4 Å². The lowest BCUT2D eigenvalue weighted by molar-refractivity contribution is 0.0375. The van der Waals surface area contributed by atoms with Crippen LogP contribution in [-0.4, -0.2) is 79.1 Å². The number of benzene rings is 1. The van der Waals surface area contributed by atoms with E-state index < -0.39 is 6.10 Å². The molecule has 0 radical (unpaired) electrons. The molecule has 2 atom stereocenters. The van der Waals surface area contributed by atoms with Crippen LogP contribution in [0.25, 0.3) is 0 Å². The summed E-state index contributed by atoms with van der Waals surface area (Å²) in [6.07, 6.45) is 5.42. The minimum atomic E-state index is -0.611. The Balaban J connectivity index is 1.67. The van der Waals surface area contributed by atoms with Gasteiger partial charge in [-0.3, -0.25) is 9.69 Å². The maximum atomic E-state index is 12.1. The van der Waals surface area contributed by atoms with Gasteiger partial charge in [0.25, 0.3) is 5.91 Å². The number of hydrogen-bond donors (Lipinski definition) is 4. The van der Waals surface area contributed by atoms with E-state index in [1.165, 1.54) is 0 Å². The predicted molar refractivity (Wildman–Crippen MR) is 127 cm³/mol. The first-order valence-electron chi connectivity index (χ1n) is 11.1. The maximum Gasteiger partial charge on any atom is 0.251 e. The standard InChI is InChI=1S/C25H35N3O4/c1-20(21(2)29)27-25(31)23-11-9-22(10-12-23)7-4-3-5-8-24(30)19-26-13-6-14-28-15-17-32-18-16-28/h3,5,8-12,20-21,26,29-30H,6,13-19H2,1-2H3,(H,27,31)/b5-3+,24-8-. The zero-order chi connectivity index (χ0) is 23.2. The third-order valence-corrected chi connectivity index (χ3v) is 5.15. The van der Waals surface area contributed by atoms with E-state index in [0.29, 0.717) is 12.1 Å². The topological polar surface area (TPSA) is 94.1 Å². The summed E-state index contributed by atoms with van der Waals surface area (Å²) in [5, 5.41) is 25.4. The van der Waals surface area contributed by atoms with Crippen LogP contribution in [0.5, 0.6) is 0 Å². The van der Waals surface area contributed by atoms with Crippen molar-refractivity contribution < 1.29 is 19.7 Å². The van der Waals surface area contributed by atoms with Gasteiger partial charge < -0.3 is 25.6 Å². The molecule has 1 heterocycles. The predicted octanol–water partition coefficient (Wildman–Crippen LogP) is 1.85. The Kier molecular flexibility index (Phi) is 11.6. The summed E-state index contributed by atoms with van der Waals surface area (Å²) in [5.41, 5.74) is 1.30. The Morgan fingerprint density at radius 1 is 1.25 bits per heavy atom. The second-order valence-corrected chi connectivity index (χ2v) is 7.85. The molecule has 0 aliphatic carbocycles. The van der Waals surface area contributed by atoms with Gasteiger partial charge in [0, 0.05) is 24.2 Å². The van der Waals surface area contributed by atoms with Crippen molar-refractivity contribution in [3.63, 3.8) is 0 Å². The van der Waals surface area contributed by atoms with Gasteiger partial charge in [-0.1, -0.05) is 17.9 Å². The lowest BCUT2D eigenvalue weighted by Crippen LogP contribution is -2.39. The second-order valence-electron chi connectivity index (χ2n) is 7.85. The molecular formula is C25H35N3O4. The SMILES string of the molecule is CC(O)C(C)NC(=O)c1ccc(C#C/C=C/C=C(\O)CNCCCN2CCOCC2)cc1. The number of carbonyl (C=O) groups excluding carboxylic acids is 1. The van der Waals surface area contributed by atoms with Gasteiger partial charge in [-0.15, -0.1) is 0 Å². The highest BCUT2D eigenvalue weighted by molar-refractivity contribution is 5.94. The molecule has 0 saturated carbocycles. The number of hydrogen-bond acceptors (Lipinski definition) is 6. The highest BCUT2D eigenvalue weighted by Gasteiger charge is 2.13. The van der Waals surface area contributed by atoms with Crippen LogP contribution in [0, 0.1) is 11.8 Å². The normalized spacial score (nSPS) is 16.9. The lowest BCUT2D eigenvalue weighted by Gasteiger charge is -2.26. The number of amides is 1. The fraction of sp³-hybridized carbons (Fsp3) is 0.480. The van der Waals surface area contributed by atoms with Crippen molar-refractivity contribution in [2.24, 2.45) is 0 Å². The fourth-order valence-electron chi connectivity index (χ4n) is 2.98. The van der Waals surface area contributed by atoms with Gasteiger partial charge in [-0.2, -0.15) is 0 Å². The first kappa shape index (κ1) is 25.6. The molecule has 0 aromatic heterocycles. The number of ether oxygens (including phenoxy) is 1. The molecule has 1 aliphatic heterocycles. The van der Waals surface area contributed by atoms with Crippen LogP contribution >= 0.6 is 0 Å². The van der Waals surface area contributed by atoms with Gasteiger partial charge in [0.2, 0.25) is 0 Å². The Labute approximate surface area is 191 Å². The average Bonchev–Trinajstić information content (AvgIpc) is 2.79. The van der Waals surface area contributed by atoms with Gasteiger partial charge in [-0.05, 0) is 69.8 Å². The molecule has 1 aromatic rings. The number of nitrogens with one attached hydrogen (secondary N) is 2. The number of aliphatic hydroxyl groups excluding tert-OH is 2. The zero-order valence-corrected chi connectivity index (χ0v) is 19.0. The second kappa shape index (κ2) is 14.4. The maximum absolute atomic E-state index is 12.1. The molecule has 1 aromatic carbocycles. The van der Waals surface area contributed by atoms with E-state index in [2.05, 4.69) is 27.4 Å². The molecule has 7 nitrogen and oxygen atoms in total. The Hall–Kier alpha value is -2.63. The van der Waals surface area contributed by atoms with Gasteiger partial charge >= 0.3 is 0 Å². The van der Waals surface area contributed by atoms with E-state index in [9.17, 15) is 15.0 Å². The molecule has 1 amide bonds. The van der Waals surface area contributed by atoms with E-state index in [-0.39, 0.29) is 17.7 Å². The molecule has 7 heteroatoms. The highest BCUT2D eigenvalue weighted by atomic mass is 16.5. The van der Waals surface area contributed by atoms with Crippen molar-refractivity contribution in [2.75, 3.05) is 45.9 Å². The fourth-order valence-corrected chi connectivity index (χ4v) is 2.98. The van der Waals surface area contributed by atoms with E-state index in [4.69, 9.17) is 4.74 Å². The highest BCUT2D eigenvalue weighted by Crippen LogP contribution is 2.04. The molecule has 2 unspecified atom stereocenters. The average molecular weight is 442 g/mol. The van der Waals surface area contributed by atoms with Crippen molar-refractivity contribution in [3.8, 4) is 11.8 Å². The minimum Gasteiger partial charge on any atom is -0.511 e. The van der Waals surface area contributed by atoms with Gasteiger partial charge in [0.05, 0.1) is 31.9 Å². The molecule has 0 spiro atoms. The Morgan fingerprint density at radius 2 is 1.97 bits per heavy atom. The summed E-state index contributed by atoms with van der Waals surface area (Å²) >= 11 is 0. The van der Waals surface area contributed by atoms with Gasteiger partial charge in [-0.25, -0.2) is 0 Å². The molecule has 1 saturated heterocycles. The number of morpholine rings is 1. The van der Waals surface area contributed by atoms with Crippen molar-refractivity contribution in [3.05, 3.63) is 59.4 Å². The van der Waals surface area contributed by atoms with Gasteiger partial charge in [0.1, 0.15) is 5.76 Å². The molecule has 32 heavy (non-hydrogen) atoms. The third kappa shape index (κ3) is 10.1. The number of rotatable bonds is 10. The van der Waals surface area contributed by atoms with Crippen LogP contribution in [0.3, 0.4) is 0 Å². The molecule has 1 aliphatic rings. The summed E-state index contributed by atoms with van der Waals surface area (Å²) in [7, 11) is 0. The molecule has 174 valence electrons. The van der Waals surface area contributed by atoms with Crippen LogP contribution in [0.2, 0.25) is 0 Å². The molecule has 0 bridgehead atoms. The van der Waals surface area contributed by atoms with Crippen molar-refractivity contribution >= 4 is 5.91 Å². The quantitative estimate of drug-likeness (QED) is 0.192. The summed E-state index contributed by atoms with van der Waals surface area (Å²) in [6.45, 7) is 9.35. The smallest absolute Gasteiger partial charge is 0.251 e. The molecular weight excluding hydrogens is 406 g/mol. The number of aliphatic hydroxyl groups is 2. The summed E-state index contributed by atoms with van der Waals surface area (Å²) in [4.78, 5) is 14.5. The van der Waals surface area contributed by atoms with E-state index >= 15 is 0 Å². The number of carbonyl (C=O) groups is 1. The van der Waals surface area contributed by atoms with E-state index in [1.54, 1.807) is 56.3 Å². The van der Waals surface area contributed by atoms with Crippen LogP contribution in [-0.2, 0) is 4.74 Å². The number of allylic oxidation sites excluding steroid dienone is 3. The summed E-state index contributed by atoms with van der Waals surface area (Å²) in [5.74, 6) is 5.93. The Morgan fingerprint density at radius 3 is 2.66 bits per heavy atom. The van der Waals surface area contributed by atoms with Gasteiger partial charge in [0.15, 0.2) is 0 Å². The molecule has 4 N–H and O–H groups in total.